The zero-order valence-electron chi connectivity index (χ0n) is 9.70. The largest absolute Gasteiger partial charge is 0.382 e. The molecule has 0 radical (unpaired) electrons. The number of rotatable bonds is 3. The van der Waals surface area contributed by atoms with Crippen molar-refractivity contribution in [1.82, 2.24) is 0 Å². The number of benzene rings is 1. The van der Waals surface area contributed by atoms with Gasteiger partial charge in [-0.3, -0.25) is 4.79 Å². The number of aliphatic hydroxyl groups is 1. The van der Waals surface area contributed by atoms with E-state index in [2.05, 4.69) is 0 Å². The van der Waals surface area contributed by atoms with Crippen molar-refractivity contribution in [2.24, 2.45) is 0 Å². The van der Waals surface area contributed by atoms with E-state index in [1.165, 1.54) is 0 Å². The minimum absolute atomic E-state index is 0.0145. The first-order valence-corrected chi connectivity index (χ1v) is 5.92. The molecule has 0 spiro atoms. The third-order valence-corrected chi connectivity index (χ3v) is 3.56. The lowest BCUT2D eigenvalue weighted by Gasteiger charge is -2.20. The highest BCUT2D eigenvalue weighted by Crippen LogP contribution is 2.31. The van der Waals surface area contributed by atoms with Crippen LogP contribution in [0.15, 0.2) is 24.3 Å². The van der Waals surface area contributed by atoms with E-state index >= 15 is 0 Å². The summed E-state index contributed by atoms with van der Waals surface area (Å²) in [6.45, 7) is 2.00. The van der Waals surface area contributed by atoms with Crippen molar-refractivity contribution >= 4 is 5.78 Å². The van der Waals surface area contributed by atoms with Gasteiger partial charge in [-0.25, -0.2) is 0 Å². The molecule has 1 aromatic carbocycles. The molecule has 1 aliphatic rings. The van der Waals surface area contributed by atoms with Gasteiger partial charge in [-0.15, -0.1) is 0 Å². The number of ketones is 1. The van der Waals surface area contributed by atoms with Gasteiger partial charge in [0.15, 0.2) is 5.78 Å². The summed E-state index contributed by atoms with van der Waals surface area (Å²) in [7, 11) is 0. The van der Waals surface area contributed by atoms with Crippen molar-refractivity contribution in [2.45, 2.75) is 44.6 Å². The van der Waals surface area contributed by atoms with Crippen molar-refractivity contribution in [2.75, 3.05) is 0 Å². The molecule has 2 nitrogen and oxygen atoms in total. The van der Waals surface area contributed by atoms with E-state index in [0.29, 0.717) is 19.3 Å². The van der Waals surface area contributed by atoms with E-state index in [1.807, 2.05) is 31.2 Å². The summed E-state index contributed by atoms with van der Waals surface area (Å²) in [5.74, 6) is -0.0145. The van der Waals surface area contributed by atoms with Gasteiger partial charge >= 0.3 is 0 Å². The number of hydrogen-bond acceptors (Lipinski definition) is 2. The summed E-state index contributed by atoms with van der Waals surface area (Å²) < 4.78 is 0. The van der Waals surface area contributed by atoms with Gasteiger partial charge in [0.25, 0.3) is 0 Å². The number of carbonyl (C=O) groups excluding carboxylic acids is 1. The molecule has 0 heterocycles. The van der Waals surface area contributed by atoms with Crippen LogP contribution in [0.25, 0.3) is 0 Å². The highest BCUT2D eigenvalue weighted by molar-refractivity contribution is 5.89. The molecule has 1 N–H and O–H groups in total. The third kappa shape index (κ3) is 2.17. The van der Waals surface area contributed by atoms with Crippen LogP contribution in [-0.2, 0) is 11.2 Å². The van der Waals surface area contributed by atoms with Crippen LogP contribution in [0.3, 0.4) is 0 Å². The lowest BCUT2D eigenvalue weighted by atomic mass is 9.90. The smallest absolute Gasteiger partial charge is 0.168 e. The molecule has 0 saturated heterocycles. The van der Waals surface area contributed by atoms with Gasteiger partial charge in [-0.1, -0.05) is 24.3 Å². The molecule has 1 fully saturated rings. The van der Waals surface area contributed by atoms with E-state index in [4.69, 9.17) is 0 Å². The molecule has 0 atom stereocenters. The molecule has 0 amide bonds. The Labute approximate surface area is 96.3 Å². The summed E-state index contributed by atoms with van der Waals surface area (Å²) in [4.78, 5) is 12.0. The molecule has 1 saturated carbocycles. The SMILES string of the molecule is Cc1ccccc1CC(=O)C1(O)CCCC1. The minimum Gasteiger partial charge on any atom is -0.382 e. The Bertz CT molecular complexity index is 389. The standard InChI is InChI=1S/C14H18O2/c1-11-6-2-3-7-12(11)10-13(15)14(16)8-4-5-9-14/h2-3,6-7,16H,4-5,8-10H2,1H3. The van der Waals surface area contributed by atoms with Crippen LogP contribution in [0.2, 0.25) is 0 Å². The summed E-state index contributed by atoms with van der Waals surface area (Å²) in [6, 6.07) is 7.87. The van der Waals surface area contributed by atoms with Crippen LogP contribution in [0.4, 0.5) is 0 Å². The Kier molecular flexibility index (Phi) is 3.10. The van der Waals surface area contributed by atoms with Crippen molar-refractivity contribution in [1.29, 1.82) is 0 Å². The molecular weight excluding hydrogens is 200 g/mol. The first-order chi connectivity index (χ1) is 7.62. The van der Waals surface area contributed by atoms with E-state index in [9.17, 15) is 9.90 Å². The van der Waals surface area contributed by atoms with Gasteiger partial charge in [-0.05, 0) is 43.7 Å². The Morgan fingerprint density at radius 1 is 1.31 bits per heavy atom. The lowest BCUT2D eigenvalue weighted by molar-refractivity contribution is -0.136. The maximum Gasteiger partial charge on any atom is 0.168 e. The number of aryl methyl sites for hydroxylation is 1. The molecular formula is C14H18O2. The van der Waals surface area contributed by atoms with Gasteiger partial charge in [0.2, 0.25) is 0 Å². The molecule has 0 aliphatic heterocycles. The average Bonchev–Trinajstić information content (AvgIpc) is 2.70. The summed E-state index contributed by atoms with van der Waals surface area (Å²) in [6.07, 6.45) is 3.57. The van der Waals surface area contributed by atoms with E-state index in [-0.39, 0.29) is 5.78 Å². The zero-order valence-corrected chi connectivity index (χ0v) is 9.70. The van der Waals surface area contributed by atoms with E-state index in [1.54, 1.807) is 0 Å². The molecule has 1 aliphatic carbocycles. The molecule has 2 rings (SSSR count). The Morgan fingerprint density at radius 2 is 1.94 bits per heavy atom. The topological polar surface area (TPSA) is 37.3 Å². The minimum atomic E-state index is -1.04. The second kappa shape index (κ2) is 4.38. The summed E-state index contributed by atoms with van der Waals surface area (Å²) in [5.41, 5.74) is 1.12. The van der Waals surface area contributed by atoms with Crippen molar-refractivity contribution in [3.8, 4) is 0 Å². The normalized spacial score (nSPS) is 18.6. The molecule has 2 heteroatoms. The van der Waals surface area contributed by atoms with Crippen LogP contribution in [-0.4, -0.2) is 16.5 Å². The van der Waals surface area contributed by atoms with Gasteiger partial charge in [0.1, 0.15) is 5.60 Å². The van der Waals surface area contributed by atoms with Gasteiger partial charge in [0, 0.05) is 6.42 Å². The average molecular weight is 218 g/mol. The maximum absolute atomic E-state index is 12.0. The maximum atomic E-state index is 12.0. The second-order valence-corrected chi connectivity index (χ2v) is 4.77. The zero-order chi connectivity index (χ0) is 11.6. The molecule has 86 valence electrons. The molecule has 16 heavy (non-hydrogen) atoms. The molecule has 0 unspecified atom stereocenters. The summed E-state index contributed by atoms with van der Waals surface area (Å²) >= 11 is 0. The highest BCUT2D eigenvalue weighted by Gasteiger charge is 2.38. The van der Waals surface area contributed by atoms with Crippen LogP contribution in [0.1, 0.15) is 36.8 Å². The number of hydrogen-bond donors (Lipinski definition) is 1. The van der Waals surface area contributed by atoms with Crippen molar-refractivity contribution < 1.29 is 9.90 Å². The van der Waals surface area contributed by atoms with Crippen LogP contribution in [0, 0.1) is 6.92 Å². The monoisotopic (exact) mass is 218 g/mol. The first kappa shape index (κ1) is 11.3. The van der Waals surface area contributed by atoms with Crippen molar-refractivity contribution in [3.05, 3.63) is 35.4 Å². The third-order valence-electron chi connectivity index (χ3n) is 3.56. The van der Waals surface area contributed by atoms with Gasteiger partial charge in [-0.2, -0.15) is 0 Å². The predicted molar refractivity (Wildman–Crippen MR) is 63.3 cm³/mol. The van der Waals surface area contributed by atoms with Crippen LogP contribution >= 0.6 is 0 Å². The van der Waals surface area contributed by atoms with Gasteiger partial charge in [0.05, 0.1) is 0 Å². The van der Waals surface area contributed by atoms with Gasteiger partial charge < -0.3 is 5.11 Å². The molecule has 1 aromatic rings. The molecule has 0 bridgehead atoms. The Balaban J connectivity index is 2.10. The van der Waals surface area contributed by atoms with Crippen LogP contribution < -0.4 is 0 Å². The van der Waals surface area contributed by atoms with Crippen LogP contribution in [0.5, 0.6) is 0 Å². The first-order valence-electron chi connectivity index (χ1n) is 5.92. The quantitative estimate of drug-likeness (QED) is 0.846. The Morgan fingerprint density at radius 3 is 2.56 bits per heavy atom. The highest BCUT2D eigenvalue weighted by atomic mass is 16.3. The second-order valence-electron chi connectivity index (χ2n) is 4.77. The lowest BCUT2D eigenvalue weighted by Crippen LogP contribution is -2.36. The number of Topliss-reactive ketones (excluding diaryl/α,β-unsaturated/α-hetero) is 1. The fraction of sp³-hybridized carbons (Fsp3) is 0.500. The molecule has 0 aromatic heterocycles. The van der Waals surface area contributed by atoms with E-state index in [0.717, 1.165) is 24.0 Å². The Hall–Kier alpha value is -1.15. The van der Waals surface area contributed by atoms with E-state index < -0.39 is 5.60 Å². The number of carbonyl (C=O) groups is 1. The fourth-order valence-electron chi connectivity index (χ4n) is 2.38. The summed E-state index contributed by atoms with van der Waals surface area (Å²) in [5, 5.41) is 10.2. The predicted octanol–water partition coefficient (Wildman–Crippen LogP) is 2.41. The van der Waals surface area contributed by atoms with Crippen molar-refractivity contribution in [3.63, 3.8) is 0 Å². The fourth-order valence-corrected chi connectivity index (χ4v) is 2.38.